The zero-order chi connectivity index (χ0) is 42.7. The highest BCUT2D eigenvalue weighted by Crippen LogP contribution is 2.21. The standard InChI is InChI=1S/C34H54N8O14/c1-5-7-19(28(50)33(55)36-16-26(48)49)38-32(54)23-8-6-15-42(23)34(56)27(17(2)3)41-31(53)22(13-14-35)40-30(52)21(10-12-25(46)47)39-29(51)20(37-18(4)43)9-11-24(44)45/h17,19-23,27H,5-16,35H2,1-4H3,(H,36,55)(H,37,43)(H,38,54)(H,39,51)(H,40,52)(H,41,53)(H,44,45)(H,46,47)(H,48,49)/t19-,20-,21-,22-,23-,27-/m0/s1. The molecule has 1 heterocycles. The van der Waals surface area contributed by atoms with E-state index in [4.69, 9.17) is 15.9 Å². The molecule has 1 aliphatic heterocycles. The van der Waals surface area contributed by atoms with E-state index in [1.54, 1.807) is 20.8 Å². The number of ketones is 1. The Bertz CT molecular complexity index is 1490. The summed E-state index contributed by atoms with van der Waals surface area (Å²) in [4.78, 5) is 139. The minimum atomic E-state index is -1.56. The first-order chi connectivity index (χ1) is 26.2. The molecule has 0 radical (unpaired) electrons. The zero-order valence-electron chi connectivity index (χ0n) is 31.9. The Hall–Kier alpha value is -5.67. The molecule has 1 saturated heterocycles. The maximum atomic E-state index is 13.9. The van der Waals surface area contributed by atoms with Crippen molar-refractivity contribution >= 4 is 65.0 Å². The van der Waals surface area contributed by atoms with Gasteiger partial charge in [-0.2, -0.15) is 0 Å². The lowest BCUT2D eigenvalue weighted by molar-refractivity contribution is -0.145. The zero-order valence-corrected chi connectivity index (χ0v) is 31.9. The fourth-order valence-corrected chi connectivity index (χ4v) is 5.77. The van der Waals surface area contributed by atoms with Crippen LogP contribution in [0.25, 0.3) is 0 Å². The van der Waals surface area contributed by atoms with Crippen molar-refractivity contribution in [2.45, 2.75) is 122 Å². The van der Waals surface area contributed by atoms with Crippen LogP contribution in [0.4, 0.5) is 0 Å². The molecule has 0 unspecified atom stereocenters. The molecule has 7 amide bonds. The van der Waals surface area contributed by atoms with E-state index in [1.807, 2.05) is 5.32 Å². The van der Waals surface area contributed by atoms with E-state index in [1.165, 1.54) is 4.90 Å². The lowest BCUT2D eigenvalue weighted by atomic mass is 10.0. The number of aliphatic carboxylic acids is 3. The van der Waals surface area contributed by atoms with E-state index >= 15 is 0 Å². The number of carboxylic acids is 3. The highest BCUT2D eigenvalue weighted by Gasteiger charge is 2.41. The lowest BCUT2D eigenvalue weighted by Gasteiger charge is -2.32. The molecule has 6 atom stereocenters. The molecular weight excluding hydrogens is 744 g/mol. The van der Waals surface area contributed by atoms with Gasteiger partial charge in [-0.3, -0.25) is 52.7 Å². The summed E-state index contributed by atoms with van der Waals surface area (Å²) in [5, 5.41) is 41.1. The molecule has 1 rings (SSSR count). The molecule has 314 valence electrons. The van der Waals surface area contributed by atoms with Crippen LogP contribution in [0.5, 0.6) is 0 Å². The first-order valence-electron chi connectivity index (χ1n) is 18.2. The summed E-state index contributed by atoms with van der Waals surface area (Å²) in [6, 6.07) is -8.00. The molecule has 0 aromatic heterocycles. The van der Waals surface area contributed by atoms with Crippen molar-refractivity contribution in [2.75, 3.05) is 19.6 Å². The van der Waals surface area contributed by atoms with E-state index in [2.05, 4.69) is 26.6 Å². The number of carbonyl (C=O) groups excluding carboxylic acids is 8. The van der Waals surface area contributed by atoms with Crippen LogP contribution in [-0.2, 0) is 52.7 Å². The van der Waals surface area contributed by atoms with Gasteiger partial charge in [0.2, 0.25) is 41.2 Å². The second-order valence-electron chi connectivity index (χ2n) is 13.5. The average Bonchev–Trinajstić information content (AvgIpc) is 3.61. The summed E-state index contributed by atoms with van der Waals surface area (Å²) >= 11 is 0. The highest BCUT2D eigenvalue weighted by atomic mass is 16.4. The topological polar surface area (TPSA) is 350 Å². The SMILES string of the molecule is CCC[C@H](NC(=O)[C@@H]1CCCN1C(=O)[C@@H](NC(=O)[C@H](CCN)NC(=O)[C@H](CCC(=O)O)NC(=O)[C@H](CCC(=O)O)NC(C)=O)C(C)C)C(=O)C(=O)NCC(=O)O. The van der Waals surface area contributed by atoms with Gasteiger partial charge in [0.25, 0.3) is 5.91 Å². The van der Waals surface area contributed by atoms with Gasteiger partial charge in [-0.1, -0.05) is 27.2 Å². The van der Waals surface area contributed by atoms with Crippen LogP contribution in [-0.4, -0.2) is 141 Å². The largest absolute Gasteiger partial charge is 0.481 e. The van der Waals surface area contributed by atoms with Gasteiger partial charge in [-0.15, -0.1) is 0 Å². The summed E-state index contributed by atoms with van der Waals surface area (Å²) in [6.45, 7) is 5.16. The van der Waals surface area contributed by atoms with Crippen molar-refractivity contribution < 1.29 is 68.1 Å². The number of likely N-dealkylation sites (tertiary alicyclic amines) is 1. The van der Waals surface area contributed by atoms with Gasteiger partial charge in [-0.25, -0.2) is 0 Å². The molecule has 0 aromatic carbocycles. The third-order valence-corrected chi connectivity index (χ3v) is 8.61. The van der Waals surface area contributed by atoms with Gasteiger partial charge in [0.1, 0.15) is 36.8 Å². The predicted octanol–water partition coefficient (Wildman–Crippen LogP) is -3.27. The smallest absolute Gasteiger partial charge is 0.322 e. The number of rotatable bonds is 25. The van der Waals surface area contributed by atoms with E-state index in [9.17, 15) is 57.8 Å². The van der Waals surface area contributed by atoms with Crippen molar-refractivity contribution in [1.82, 2.24) is 36.8 Å². The molecule has 1 aliphatic rings. The quantitative estimate of drug-likeness (QED) is 0.0405. The third kappa shape index (κ3) is 16.4. The Labute approximate surface area is 322 Å². The van der Waals surface area contributed by atoms with Crippen LogP contribution in [0.2, 0.25) is 0 Å². The third-order valence-electron chi connectivity index (χ3n) is 8.61. The van der Waals surface area contributed by atoms with Crippen LogP contribution < -0.4 is 37.6 Å². The minimum Gasteiger partial charge on any atom is -0.481 e. The van der Waals surface area contributed by atoms with Crippen molar-refractivity contribution in [3.05, 3.63) is 0 Å². The van der Waals surface area contributed by atoms with Crippen LogP contribution in [0.3, 0.4) is 0 Å². The van der Waals surface area contributed by atoms with Gasteiger partial charge in [-0.05, 0) is 51.0 Å². The Morgan fingerprint density at radius 1 is 0.696 bits per heavy atom. The highest BCUT2D eigenvalue weighted by molar-refractivity contribution is 6.38. The Morgan fingerprint density at radius 3 is 1.68 bits per heavy atom. The molecule has 0 aliphatic carbocycles. The van der Waals surface area contributed by atoms with Crippen LogP contribution >= 0.6 is 0 Å². The second-order valence-corrected chi connectivity index (χ2v) is 13.5. The summed E-state index contributed by atoms with van der Waals surface area (Å²) in [7, 11) is 0. The van der Waals surface area contributed by atoms with Gasteiger partial charge in [0.05, 0.1) is 6.04 Å². The Morgan fingerprint density at radius 2 is 1.21 bits per heavy atom. The normalized spacial score (nSPS) is 16.2. The lowest BCUT2D eigenvalue weighted by Crippen LogP contribution is -2.60. The molecule has 0 saturated carbocycles. The van der Waals surface area contributed by atoms with E-state index in [-0.39, 0.29) is 38.8 Å². The molecule has 0 aromatic rings. The monoisotopic (exact) mass is 798 g/mol. The maximum Gasteiger partial charge on any atom is 0.322 e. The number of carboxylic acid groups (broad SMARTS) is 3. The molecule has 0 spiro atoms. The molecule has 22 heteroatoms. The number of amides is 7. The number of hydrogen-bond acceptors (Lipinski definition) is 12. The van der Waals surface area contributed by atoms with Crippen molar-refractivity contribution in [2.24, 2.45) is 11.7 Å². The molecule has 56 heavy (non-hydrogen) atoms. The van der Waals surface area contributed by atoms with Gasteiger partial charge < -0.3 is 57.9 Å². The number of nitrogens with zero attached hydrogens (tertiary/aromatic N) is 1. The first kappa shape index (κ1) is 48.3. The number of Topliss-reactive ketones (excluding diaryl/α,β-unsaturated/α-hetero) is 1. The van der Waals surface area contributed by atoms with E-state index < -0.39 is 133 Å². The van der Waals surface area contributed by atoms with Crippen LogP contribution in [0.15, 0.2) is 0 Å². The second kappa shape index (κ2) is 24.0. The minimum absolute atomic E-state index is 0.0477. The van der Waals surface area contributed by atoms with Crippen LogP contribution in [0, 0.1) is 5.92 Å². The van der Waals surface area contributed by atoms with Crippen molar-refractivity contribution in [3.8, 4) is 0 Å². The van der Waals surface area contributed by atoms with E-state index in [0.29, 0.717) is 12.8 Å². The van der Waals surface area contributed by atoms with Crippen molar-refractivity contribution in [3.63, 3.8) is 0 Å². The van der Waals surface area contributed by atoms with Gasteiger partial charge >= 0.3 is 17.9 Å². The van der Waals surface area contributed by atoms with Gasteiger partial charge in [0, 0.05) is 26.3 Å². The summed E-state index contributed by atoms with van der Waals surface area (Å²) < 4.78 is 0. The Balaban J connectivity index is 3.21. The maximum absolute atomic E-state index is 13.9. The summed E-state index contributed by atoms with van der Waals surface area (Å²) in [5.74, 6) is -11.7. The fourth-order valence-electron chi connectivity index (χ4n) is 5.77. The van der Waals surface area contributed by atoms with E-state index in [0.717, 1.165) is 6.92 Å². The summed E-state index contributed by atoms with van der Waals surface area (Å²) in [5.41, 5.74) is 5.71. The predicted molar refractivity (Wildman–Crippen MR) is 193 cm³/mol. The Kier molecular flexibility index (Phi) is 20.7. The molecule has 22 nitrogen and oxygen atoms in total. The molecule has 11 N–H and O–H groups in total. The summed E-state index contributed by atoms with van der Waals surface area (Å²) in [6.07, 6.45) is -1.13. The van der Waals surface area contributed by atoms with Crippen molar-refractivity contribution in [1.29, 1.82) is 0 Å². The number of nitrogens with two attached hydrogens (primary N) is 1. The molecular formula is C34H54N8O14. The number of carbonyl (C=O) groups is 11. The average molecular weight is 799 g/mol. The number of hydrogen-bond donors (Lipinski definition) is 10. The molecule has 1 fully saturated rings. The first-order valence-corrected chi connectivity index (χ1v) is 18.2. The van der Waals surface area contributed by atoms with Gasteiger partial charge in [0.15, 0.2) is 0 Å². The molecule has 0 bridgehead atoms. The number of nitrogens with one attached hydrogen (secondary N) is 6. The van der Waals surface area contributed by atoms with Crippen LogP contribution in [0.1, 0.15) is 85.5 Å². The fraction of sp³-hybridized carbons (Fsp3) is 0.676.